The number of terminal acetylenes is 1. The van der Waals surface area contributed by atoms with Crippen LogP contribution in [0.25, 0.3) is 5.57 Å². The zero-order chi connectivity index (χ0) is 37.7. The van der Waals surface area contributed by atoms with Crippen LogP contribution in [-0.4, -0.2) is 52.0 Å². The highest BCUT2D eigenvalue weighted by molar-refractivity contribution is 5.84. The Morgan fingerprint density at radius 3 is 2.22 bits per heavy atom. The molecule has 1 amide bonds. The van der Waals surface area contributed by atoms with E-state index in [4.69, 9.17) is 12.2 Å². The highest BCUT2D eigenvalue weighted by Gasteiger charge is 2.05. The highest BCUT2D eigenvalue weighted by Crippen LogP contribution is 2.26. The molecule has 0 radical (unpaired) electrons. The number of aliphatic imine (C=N–C) groups is 1. The SMILES string of the molecule is C#CNc1ccc(N)c(C(/C=C\CF)=C/C=C)c1.C=C/C=C\N=Cc1ccc(N(CC)CCNC(C)=O)cc1.CC.CC.CCCCNC. The molecule has 0 bridgehead atoms. The fourth-order valence-electron chi connectivity index (χ4n) is 3.70. The largest absolute Gasteiger partial charge is 0.398 e. The number of allylic oxidation sites excluding steroid dienone is 7. The molecule has 0 unspecified atom stereocenters. The van der Waals surface area contributed by atoms with Crippen LogP contribution in [-0.2, 0) is 4.79 Å². The summed E-state index contributed by atoms with van der Waals surface area (Å²) in [5.41, 5.74) is 11.0. The predicted octanol–water partition coefficient (Wildman–Crippen LogP) is 9.19. The zero-order valence-electron chi connectivity index (χ0n) is 31.4. The van der Waals surface area contributed by atoms with E-state index in [2.05, 4.69) is 71.0 Å². The molecule has 0 spiro atoms. The maximum absolute atomic E-state index is 12.2. The zero-order valence-corrected chi connectivity index (χ0v) is 31.4. The number of amides is 1. The second-order valence-electron chi connectivity index (χ2n) is 9.45. The van der Waals surface area contributed by atoms with E-state index in [1.165, 1.54) is 25.8 Å². The number of alkyl halides is 1. The van der Waals surface area contributed by atoms with Gasteiger partial charge in [0.2, 0.25) is 5.91 Å². The van der Waals surface area contributed by atoms with Gasteiger partial charge in [0.25, 0.3) is 0 Å². The standard InChI is InChI=1S/C17H23N3O.C15H15FN2.C5H13N.2C2H6/c1-4-6-11-18-14-16-7-9-17(10-8-16)20(5-2)13-12-19-15(3)21;1-3-6-12(7-5-10-16)14-11-13(18-4-2)8-9-15(14)17;1-3-4-5-6-2;2*1-2/h4,6-11,14H,1,5,12-13H2,2-3H3,(H,19,21);2-3,5-9,11,18H,1,10,17H2;6H,3-5H2,1-2H3;2*1-2H3/b11-6-,18-14?;7-5-,12-6+;;;. The van der Waals surface area contributed by atoms with Crippen molar-refractivity contribution >= 4 is 34.8 Å². The summed E-state index contributed by atoms with van der Waals surface area (Å²) < 4.78 is 12.2. The minimum atomic E-state index is -0.531. The molecule has 270 valence electrons. The van der Waals surface area contributed by atoms with Crippen molar-refractivity contribution in [3.05, 3.63) is 109 Å². The molecule has 2 rings (SSSR count). The fraction of sp³-hybridized carbons (Fsp3) is 0.366. The number of rotatable bonds is 16. The van der Waals surface area contributed by atoms with Crippen molar-refractivity contribution in [3.63, 3.8) is 0 Å². The average Bonchev–Trinajstić information content (AvgIpc) is 3.13. The van der Waals surface area contributed by atoms with E-state index in [9.17, 15) is 9.18 Å². The van der Waals surface area contributed by atoms with Gasteiger partial charge in [-0.15, -0.1) is 0 Å². The van der Waals surface area contributed by atoms with Crippen molar-refractivity contribution in [2.75, 3.05) is 55.9 Å². The third kappa shape index (κ3) is 25.8. The summed E-state index contributed by atoms with van der Waals surface area (Å²) in [5.74, 6) is 0.00481. The van der Waals surface area contributed by atoms with Crippen molar-refractivity contribution in [1.29, 1.82) is 0 Å². The van der Waals surface area contributed by atoms with Gasteiger partial charge in [-0.05, 0) is 74.5 Å². The Morgan fingerprint density at radius 1 is 1.06 bits per heavy atom. The van der Waals surface area contributed by atoms with Crippen LogP contribution < -0.4 is 26.6 Å². The summed E-state index contributed by atoms with van der Waals surface area (Å²) >= 11 is 0. The first-order valence-corrected chi connectivity index (χ1v) is 17.0. The lowest BCUT2D eigenvalue weighted by Crippen LogP contribution is -2.33. The van der Waals surface area contributed by atoms with Gasteiger partial charge >= 0.3 is 0 Å². The Kier molecular flexibility index (Phi) is 35.6. The molecule has 2 aromatic rings. The molecule has 0 fully saturated rings. The van der Waals surface area contributed by atoms with Gasteiger partial charge in [-0.25, -0.2) is 4.39 Å². The number of carbonyl (C=O) groups is 1. The number of hydrogen-bond acceptors (Lipinski definition) is 6. The third-order valence-corrected chi connectivity index (χ3v) is 5.97. The van der Waals surface area contributed by atoms with E-state index >= 15 is 0 Å². The van der Waals surface area contributed by atoms with Crippen LogP contribution in [0.5, 0.6) is 0 Å². The summed E-state index contributed by atoms with van der Waals surface area (Å²) in [6.07, 6.45) is 21.2. The van der Waals surface area contributed by atoms with Crippen molar-refractivity contribution in [1.82, 2.24) is 10.6 Å². The lowest BCUT2D eigenvalue weighted by molar-refractivity contribution is -0.118. The fourth-order valence-corrected chi connectivity index (χ4v) is 3.70. The van der Waals surface area contributed by atoms with Crippen molar-refractivity contribution in [2.24, 2.45) is 4.99 Å². The maximum atomic E-state index is 12.2. The number of benzene rings is 2. The van der Waals surface area contributed by atoms with Crippen LogP contribution >= 0.6 is 0 Å². The van der Waals surface area contributed by atoms with Crippen molar-refractivity contribution < 1.29 is 9.18 Å². The third-order valence-electron chi connectivity index (χ3n) is 5.97. The first kappa shape index (κ1) is 48.5. The number of nitrogens with zero attached hydrogens (tertiary/aromatic N) is 2. The molecule has 0 aromatic heterocycles. The predicted molar refractivity (Wildman–Crippen MR) is 218 cm³/mol. The Labute approximate surface area is 298 Å². The summed E-state index contributed by atoms with van der Waals surface area (Å²) in [5, 5.41) is 8.63. The highest BCUT2D eigenvalue weighted by atomic mass is 19.1. The second-order valence-corrected chi connectivity index (χ2v) is 9.45. The molecule has 0 aliphatic carbocycles. The Morgan fingerprint density at radius 2 is 1.73 bits per heavy atom. The summed E-state index contributed by atoms with van der Waals surface area (Å²) in [6, 6.07) is 15.9. The molecule has 0 atom stereocenters. The smallest absolute Gasteiger partial charge is 0.216 e. The van der Waals surface area contributed by atoms with Gasteiger partial charge in [-0.3, -0.25) is 9.79 Å². The molecule has 0 saturated carbocycles. The molecular formula is C41H63FN6O. The molecule has 7 nitrogen and oxygen atoms in total. The van der Waals surface area contributed by atoms with Crippen LogP contribution in [0, 0.1) is 12.5 Å². The van der Waals surface area contributed by atoms with Gasteiger partial charge in [0.05, 0.1) is 0 Å². The normalized spacial score (nSPS) is 10.2. The van der Waals surface area contributed by atoms with Gasteiger partial charge in [-0.1, -0.05) is 103 Å². The van der Waals surface area contributed by atoms with Crippen LogP contribution in [0.1, 0.15) is 72.4 Å². The van der Waals surface area contributed by atoms with E-state index in [1.807, 2.05) is 52.9 Å². The van der Waals surface area contributed by atoms with E-state index in [0.29, 0.717) is 12.2 Å². The Balaban J connectivity index is -0.000000685. The quantitative estimate of drug-likeness (QED) is 0.0356. The van der Waals surface area contributed by atoms with E-state index in [0.717, 1.165) is 47.7 Å². The number of carbonyl (C=O) groups excluding carboxylic acids is 1. The van der Waals surface area contributed by atoms with E-state index in [1.54, 1.807) is 54.9 Å². The van der Waals surface area contributed by atoms with E-state index in [-0.39, 0.29) is 5.91 Å². The number of likely N-dealkylation sites (N-methyl/N-ethyl adjacent to an activating group) is 1. The molecular weight excluding hydrogens is 611 g/mol. The summed E-state index contributed by atoms with van der Waals surface area (Å²) in [7, 11) is 1.98. The number of nitrogen functional groups attached to an aromatic ring is 1. The molecule has 8 heteroatoms. The van der Waals surface area contributed by atoms with Gasteiger partial charge in [0.15, 0.2) is 0 Å². The van der Waals surface area contributed by atoms with Gasteiger partial charge in [0, 0.05) is 67.6 Å². The first-order chi connectivity index (χ1) is 23.8. The van der Waals surface area contributed by atoms with Gasteiger partial charge in [0.1, 0.15) is 6.67 Å². The number of halogens is 1. The molecule has 2 aromatic carbocycles. The molecule has 49 heavy (non-hydrogen) atoms. The number of anilines is 3. The topological polar surface area (TPSA) is 94.8 Å². The van der Waals surface area contributed by atoms with Crippen molar-refractivity contribution in [3.8, 4) is 12.5 Å². The molecule has 0 saturated heterocycles. The maximum Gasteiger partial charge on any atom is 0.216 e. The molecule has 0 heterocycles. The summed E-state index contributed by atoms with van der Waals surface area (Å²) in [4.78, 5) is 17.3. The van der Waals surface area contributed by atoms with Gasteiger partial charge < -0.3 is 26.6 Å². The van der Waals surface area contributed by atoms with Gasteiger partial charge in [-0.2, -0.15) is 0 Å². The number of unbranched alkanes of at least 4 members (excludes halogenated alkanes) is 1. The average molecular weight is 675 g/mol. The number of hydrogen-bond donors (Lipinski definition) is 4. The number of nitrogens with one attached hydrogen (secondary N) is 3. The van der Waals surface area contributed by atoms with E-state index < -0.39 is 6.67 Å². The van der Waals surface area contributed by atoms with Crippen LogP contribution in [0.4, 0.5) is 21.5 Å². The second kappa shape index (κ2) is 36.0. The van der Waals surface area contributed by atoms with Crippen LogP contribution in [0.3, 0.4) is 0 Å². The lowest BCUT2D eigenvalue weighted by atomic mass is 10.0. The Hall–Kier alpha value is -4.87. The first-order valence-electron chi connectivity index (χ1n) is 17.0. The monoisotopic (exact) mass is 675 g/mol. The summed E-state index contributed by atoms with van der Waals surface area (Å²) in [6.45, 7) is 24.0. The number of nitrogens with two attached hydrogens (primary N) is 1. The van der Waals surface area contributed by atoms with Crippen molar-refractivity contribution in [2.45, 2.75) is 61.3 Å². The lowest BCUT2D eigenvalue weighted by Gasteiger charge is -2.23. The Bertz CT molecular complexity index is 1290. The van der Waals surface area contributed by atoms with Crippen LogP contribution in [0.15, 0.2) is 103 Å². The molecule has 0 aliphatic heterocycles. The molecule has 0 aliphatic rings. The minimum Gasteiger partial charge on any atom is -0.398 e. The minimum absolute atomic E-state index is 0.00481. The van der Waals surface area contributed by atoms with Crippen LogP contribution in [0.2, 0.25) is 0 Å². The molecule has 5 N–H and O–H groups in total.